The summed E-state index contributed by atoms with van der Waals surface area (Å²) in [6.45, 7) is 7.65. The molecule has 0 radical (unpaired) electrons. The molecule has 1 N–H and O–H groups in total. The summed E-state index contributed by atoms with van der Waals surface area (Å²) in [6.07, 6.45) is 5.96. The summed E-state index contributed by atoms with van der Waals surface area (Å²) in [6, 6.07) is 0. The number of hydrogen-bond acceptors (Lipinski definition) is 4. The van der Waals surface area contributed by atoms with Crippen molar-refractivity contribution in [2.24, 2.45) is 17.3 Å². The van der Waals surface area contributed by atoms with Gasteiger partial charge in [-0.1, -0.05) is 13.8 Å². The van der Waals surface area contributed by atoms with Crippen LogP contribution in [0.4, 0.5) is 0 Å². The molecule has 0 unspecified atom stereocenters. The summed E-state index contributed by atoms with van der Waals surface area (Å²) < 4.78 is 5.48. The molecule has 1 aliphatic carbocycles. The number of nitrogens with zero attached hydrogens (tertiary/aromatic N) is 1. The molecule has 0 spiro atoms. The average Bonchev–Trinajstić information content (AvgIpc) is 2.65. The van der Waals surface area contributed by atoms with Crippen molar-refractivity contribution in [3.05, 3.63) is 11.3 Å². The number of amides is 2. The summed E-state index contributed by atoms with van der Waals surface area (Å²) in [7, 11) is 0. The smallest absolute Gasteiger partial charge is 0.318 e. The summed E-state index contributed by atoms with van der Waals surface area (Å²) in [4.78, 5) is 40.6. The van der Waals surface area contributed by atoms with Crippen molar-refractivity contribution in [2.75, 3.05) is 19.7 Å². The van der Waals surface area contributed by atoms with E-state index in [-0.39, 0.29) is 24.2 Å². The van der Waals surface area contributed by atoms with Gasteiger partial charge in [0.05, 0.1) is 6.61 Å². The third kappa shape index (κ3) is 3.96. The minimum atomic E-state index is -0.749. The number of ether oxygens (including phenoxy) is 1. The molecular weight excluding hydrogens is 356 g/mol. The number of carbonyl (C=O) groups excluding carboxylic acids is 3. The Kier molecular flexibility index (Phi) is 6.46. The first-order valence-corrected chi connectivity index (χ1v) is 10.9. The van der Waals surface area contributed by atoms with Crippen molar-refractivity contribution >= 4 is 17.8 Å². The molecule has 2 amide bonds. The van der Waals surface area contributed by atoms with Crippen molar-refractivity contribution in [1.29, 1.82) is 0 Å². The zero-order valence-corrected chi connectivity index (χ0v) is 17.5. The van der Waals surface area contributed by atoms with Gasteiger partial charge in [-0.2, -0.15) is 0 Å². The molecule has 0 bridgehead atoms. The van der Waals surface area contributed by atoms with Crippen LogP contribution in [0.25, 0.3) is 0 Å². The van der Waals surface area contributed by atoms with Crippen molar-refractivity contribution in [3.63, 3.8) is 0 Å². The van der Waals surface area contributed by atoms with Crippen LogP contribution in [0.15, 0.2) is 11.3 Å². The van der Waals surface area contributed by atoms with Gasteiger partial charge < -0.3 is 15.0 Å². The number of allylic oxidation sites excluding steroid dienone is 1. The van der Waals surface area contributed by atoms with Crippen molar-refractivity contribution < 1.29 is 19.1 Å². The molecule has 1 saturated heterocycles. The Balaban J connectivity index is 1.83. The van der Waals surface area contributed by atoms with Crippen LogP contribution >= 0.6 is 0 Å². The van der Waals surface area contributed by atoms with E-state index in [1.807, 2.05) is 11.8 Å². The molecule has 0 aromatic rings. The minimum absolute atomic E-state index is 0.00744. The van der Waals surface area contributed by atoms with Crippen molar-refractivity contribution in [3.8, 4) is 0 Å². The first-order chi connectivity index (χ1) is 13.4. The van der Waals surface area contributed by atoms with E-state index in [2.05, 4.69) is 19.2 Å². The van der Waals surface area contributed by atoms with E-state index in [1.54, 1.807) is 0 Å². The van der Waals surface area contributed by atoms with Gasteiger partial charge in [0.1, 0.15) is 5.41 Å². The highest BCUT2D eigenvalue weighted by Crippen LogP contribution is 2.54. The Bertz CT molecular complexity index is 665. The molecule has 28 heavy (non-hydrogen) atoms. The zero-order chi connectivity index (χ0) is 20.3. The fourth-order valence-corrected chi connectivity index (χ4v) is 5.09. The van der Waals surface area contributed by atoms with E-state index in [4.69, 9.17) is 4.74 Å². The monoisotopic (exact) mass is 390 g/mol. The largest absolute Gasteiger partial charge is 0.465 e. The van der Waals surface area contributed by atoms with Crippen LogP contribution in [-0.4, -0.2) is 42.4 Å². The van der Waals surface area contributed by atoms with Crippen LogP contribution in [0, 0.1) is 17.3 Å². The lowest BCUT2D eigenvalue weighted by molar-refractivity contribution is -0.162. The maximum absolute atomic E-state index is 13.2. The number of rotatable bonds is 7. The van der Waals surface area contributed by atoms with Gasteiger partial charge in [0.2, 0.25) is 11.8 Å². The van der Waals surface area contributed by atoms with E-state index < -0.39 is 11.3 Å². The second-order valence-corrected chi connectivity index (χ2v) is 8.84. The van der Waals surface area contributed by atoms with Crippen LogP contribution in [0.1, 0.15) is 72.1 Å². The molecule has 0 aromatic heterocycles. The third-order valence-corrected chi connectivity index (χ3v) is 6.35. The Hall–Kier alpha value is -1.85. The molecule has 3 aliphatic rings. The molecule has 0 aromatic carbocycles. The lowest BCUT2D eigenvalue weighted by Crippen LogP contribution is -2.56. The molecule has 2 atom stereocenters. The summed E-state index contributed by atoms with van der Waals surface area (Å²) >= 11 is 0. The minimum Gasteiger partial charge on any atom is -0.465 e. The van der Waals surface area contributed by atoms with Gasteiger partial charge in [-0.15, -0.1) is 0 Å². The summed E-state index contributed by atoms with van der Waals surface area (Å²) in [5.41, 5.74) is 1.42. The molecule has 6 nitrogen and oxygen atoms in total. The summed E-state index contributed by atoms with van der Waals surface area (Å²) in [5.74, 6) is -0.242. The van der Waals surface area contributed by atoms with Crippen molar-refractivity contribution in [2.45, 2.75) is 72.1 Å². The SMILES string of the molecule is CCOC(=O)[C@]12CCCC3=C1N(CCC3)C(=O)[C@@H](CC(=O)NCCC(C)C)C2. The normalized spacial score (nSPS) is 26.9. The van der Waals surface area contributed by atoms with Crippen LogP contribution < -0.4 is 5.32 Å². The fourth-order valence-electron chi connectivity index (χ4n) is 5.09. The van der Waals surface area contributed by atoms with E-state index in [9.17, 15) is 14.4 Å². The molecular formula is C22H34N2O4. The second-order valence-electron chi connectivity index (χ2n) is 8.84. The van der Waals surface area contributed by atoms with Crippen LogP contribution in [0.5, 0.6) is 0 Å². The lowest BCUT2D eigenvalue weighted by Gasteiger charge is -2.51. The van der Waals surface area contributed by atoms with Gasteiger partial charge in [0, 0.05) is 31.1 Å². The molecule has 156 valence electrons. The van der Waals surface area contributed by atoms with Crippen LogP contribution in [-0.2, 0) is 19.1 Å². The van der Waals surface area contributed by atoms with Crippen LogP contribution in [0.3, 0.4) is 0 Å². The van der Waals surface area contributed by atoms with Gasteiger partial charge in [0.15, 0.2) is 0 Å². The first-order valence-electron chi connectivity index (χ1n) is 10.9. The molecule has 2 aliphatic heterocycles. The molecule has 3 rings (SSSR count). The Morgan fingerprint density at radius 3 is 2.75 bits per heavy atom. The van der Waals surface area contributed by atoms with E-state index >= 15 is 0 Å². The fraction of sp³-hybridized carbons (Fsp3) is 0.773. The van der Waals surface area contributed by atoms with Gasteiger partial charge in [-0.25, -0.2) is 0 Å². The Labute approximate surface area is 168 Å². The topological polar surface area (TPSA) is 75.7 Å². The lowest BCUT2D eigenvalue weighted by atomic mass is 9.63. The Morgan fingerprint density at radius 1 is 1.29 bits per heavy atom. The van der Waals surface area contributed by atoms with Gasteiger partial charge in [-0.3, -0.25) is 14.4 Å². The van der Waals surface area contributed by atoms with E-state index in [0.717, 1.165) is 37.8 Å². The molecule has 1 fully saturated rings. The first kappa shape index (κ1) is 20.9. The predicted octanol–water partition coefficient (Wildman–Crippen LogP) is 3.17. The maximum atomic E-state index is 13.2. The number of nitrogens with one attached hydrogen (secondary N) is 1. The molecule has 2 heterocycles. The van der Waals surface area contributed by atoms with E-state index in [0.29, 0.717) is 38.5 Å². The van der Waals surface area contributed by atoms with Crippen LogP contribution in [0.2, 0.25) is 0 Å². The zero-order valence-electron chi connectivity index (χ0n) is 17.5. The third-order valence-electron chi connectivity index (χ3n) is 6.35. The standard InChI is InChI=1S/C22H34N2O4/c1-4-28-21(27)22-10-5-7-16-8-6-12-24(19(16)22)20(26)17(14-22)13-18(25)23-11-9-15(2)3/h15,17H,4-14H2,1-3H3,(H,23,25)/t17-,22-/m0/s1. The number of carbonyl (C=O) groups is 3. The Morgan fingerprint density at radius 2 is 2.04 bits per heavy atom. The number of esters is 1. The van der Waals surface area contributed by atoms with Gasteiger partial charge >= 0.3 is 5.97 Å². The summed E-state index contributed by atoms with van der Waals surface area (Å²) in [5, 5.41) is 2.94. The quantitative estimate of drug-likeness (QED) is 0.678. The van der Waals surface area contributed by atoms with Gasteiger partial charge in [0.25, 0.3) is 0 Å². The number of hydrogen-bond donors (Lipinski definition) is 1. The highest BCUT2D eigenvalue weighted by atomic mass is 16.5. The highest BCUT2D eigenvalue weighted by molar-refractivity contribution is 5.92. The molecule has 6 heteroatoms. The maximum Gasteiger partial charge on any atom is 0.318 e. The average molecular weight is 391 g/mol. The van der Waals surface area contributed by atoms with Gasteiger partial charge in [-0.05, 0) is 63.4 Å². The van der Waals surface area contributed by atoms with Crippen molar-refractivity contribution in [1.82, 2.24) is 10.2 Å². The highest BCUT2D eigenvalue weighted by Gasteiger charge is 2.56. The van der Waals surface area contributed by atoms with E-state index in [1.165, 1.54) is 5.57 Å². The number of piperidine rings is 1. The second kappa shape index (κ2) is 8.66. The molecule has 0 saturated carbocycles. The predicted molar refractivity (Wildman–Crippen MR) is 106 cm³/mol.